The molecule has 0 radical (unpaired) electrons. The minimum atomic E-state index is 0. The summed E-state index contributed by atoms with van der Waals surface area (Å²) in [6.07, 6.45) is 7.62. The molecule has 1 aromatic heterocycles. The first kappa shape index (κ1) is 14.8. The lowest BCUT2D eigenvalue weighted by Gasteiger charge is -2.08. The second-order valence-corrected chi connectivity index (χ2v) is 2.89. The highest BCUT2D eigenvalue weighted by atomic mass is 127. The fraction of sp³-hybridized carbons (Fsp3) is 0.364. The Labute approximate surface area is 113 Å². The van der Waals surface area contributed by atoms with E-state index in [1.807, 2.05) is 12.1 Å². The Bertz CT molecular complexity index is 341. The molecule has 0 aliphatic carbocycles. The molecule has 4 nitrogen and oxygen atoms in total. The van der Waals surface area contributed by atoms with E-state index in [0.717, 1.165) is 18.7 Å². The highest BCUT2D eigenvalue weighted by Gasteiger charge is 1.97. The predicted octanol–water partition coefficient (Wildman–Crippen LogP) is 1.24. The summed E-state index contributed by atoms with van der Waals surface area (Å²) < 4.78 is 5.20. The molecule has 0 saturated carbocycles. The number of aliphatic imine (C=N–C) groups is 1. The third kappa shape index (κ3) is 5.66. The highest BCUT2D eigenvalue weighted by molar-refractivity contribution is 14.0. The molecule has 88 valence electrons. The summed E-state index contributed by atoms with van der Waals surface area (Å²) in [6, 6.07) is 3.82. The number of nitrogens with zero attached hydrogens (tertiary/aromatic N) is 1. The van der Waals surface area contributed by atoms with Crippen molar-refractivity contribution in [2.45, 2.75) is 6.42 Å². The molecule has 1 rings (SSSR count). The average molecular weight is 333 g/mol. The van der Waals surface area contributed by atoms with E-state index >= 15 is 0 Å². The van der Waals surface area contributed by atoms with Gasteiger partial charge in [-0.2, -0.15) is 0 Å². The first-order valence-electron chi connectivity index (χ1n) is 4.77. The number of furan rings is 1. The number of halogens is 1. The minimum absolute atomic E-state index is 0. The number of rotatable bonds is 4. The quantitative estimate of drug-likeness (QED) is 0.377. The average Bonchev–Trinajstić information content (AvgIpc) is 2.76. The summed E-state index contributed by atoms with van der Waals surface area (Å²) in [5, 5.41) is 6.10. The number of guanidine groups is 1. The summed E-state index contributed by atoms with van der Waals surface area (Å²) in [7, 11) is 1.71. The maximum atomic E-state index is 5.20. The Morgan fingerprint density at radius 2 is 2.38 bits per heavy atom. The number of hydrogen-bond donors (Lipinski definition) is 2. The van der Waals surface area contributed by atoms with E-state index in [9.17, 15) is 0 Å². The molecule has 2 N–H and O–H groups in total. The molecule has 0 unspecified atom stereocenters. The van der Waals surface area contributed by atoms with E-state index in [4.69, 9.17) is 10.8 Å². The van der Waals surface area contributed by atoms with Crippen LogP contribution in [0.4, 0.5) is 0 Å². The van der Waals surface area contributed by atoms with Crippen LogP contribution in [0.2, 0.25) is 0 Å². The molecular formula is C11H16IN3O. The van der Waals surface area contributed by atoms with Crippen LogP contribution in [-0.4, -0.2) is 26.1 Å². The highest BCUT2D eigenvalue weighted by Crippen LogP contribution is 1.99. The van der Waals surface area contributed by atoms with Crippen molar-refractivity contribution in [3.8, 4) is 12.3 Å². The van der Waals surface area contributed by atoms with Gasteiger partial charge in [0.2, 0.25) is 0 Å². The molecule has 0 aliphatic rings. The third-order valence-corrected chi connectivity index (χ3v) is 1.83. The fourth-order valence-electron chi connectivity index (χ4n) is 1.11. The Morgan fingerprint density at radius 3 is 2.94 bits per heavy atom. The van der Waals surface area contributed by atoms with E-state index in [-0.39, 0.29) is 24.0 Å². The molecule has 0 amide bonds. The van der Waals surface area contributed by atoms with Crippen LogP contribution in [0.25, 0.3) is 0 Å². The van der Waals surface area contributed by atoms with Gasteiger partial charge in [0, 0.05) is 20.0 Å². The molecule has 16 heavy (non-hydrogen) atoms. The van der Waals surface area contributed by atoms with Crippen molar-refractivity contribution in [3.63, 3.8) is 0 Å². The van der Waals surface area contributed by atoms with Crippen LogP contribution in [0.3, 0.4) is 0 Å². The van der Waals surface area contributed by atoms with Gasteiger partial charge in [0.25, 0.3) is 0 Å². The van der Waals surface area contributed by atoms with Crippen LogP contribution < -0.4 is 10.6 Å². The molecule has 0 bridgehead atoms. The van der Waals surface area contributed by atoms with Crippen molar-refractivity contribution >= 4 is 29.9 Å². The van der Waals surface area contributed by atoms with E-state index < -0.39 is 0 Å². The first-order chi connectivity index (χ1) is 7.36. The lowest BCUT2D eigenvalue weighted by molar-refractivity contribution is 0.507. The van der Waals surface area contributed by atoms with Gasteiger partial charge in [0.05, 0.1) is 12.8 Å². The summed E-state index contributed by atoms with van der Waals surface area (Å²) in [4.78, 5) is 4.01. The van der Waals surface area contributed by atoms with Gasteiger partial charge >= 0.3 is 0 Å². The smallest absolute Gasteiger partial charge is 0.191 e. The van der Waals surface area contributed by atoms with Gasteiger partial charge in [-0.25, -0.2) is 0 Å². The van der Waals surface area contributed by atoms with Gasteiger partial charge in [-0.3, -0.25) is 4.99 Å². The minimum Gasteiger partial charge on any atom is -0.469 e. The van der Waals surface area contributed by atoms with Crippen LogP contribution >= 0.6 is 24.0 Å². The third-order valence-electron chi connectivity index (χ3n) is 1.83. The monoisotopic (exact) mass is 333 g/mol. The van der Waals surface area contributed by atoms with Crippen molar-refractivity contribution in [3.05, 3.63) is 24.2 Å². The van der Waals surface area contributed by atoms with Gasteiger partial charge in [-0.15, -0.1) is 30.4 Å². The lowest BCUT2D eigenvalue weighted by Crippen LogP contribution is -2.38. The molecule has 0 aliphatic heterocycles. The zero-order valence-electron chi connectivity index (χ0n) is 9.19. The van der Waals surface area contributed by atoms with E-state index in [1.165, 1.54) is 0 Å². The lowest BCUT2D eigenvalue weighted by atomic mass is 10.3. The SMILES string of the molecule is C#CCNC(=NC)NCCc1ccco1.I. The molecule has 0 spiro atoms. The standard InChI is InChI=1S/C11H15N3O.HI/c1-3-7-13-11(12-2)14-8-6-10-5-4-9-15-10;/h1,4-5,9H,6-8H2,2H3,(H2,12,13,14);1H. The van der Waals surface area contributed by atoms with Crippen molar-refractivity contribution < 1.29 is 4.42 Å². The van der Waals surface area contributed by atoms with Crippen molar-refractivity contribution in [1.82, 2.24) is 10.6 Å². The number of hydrogen-bond acceptors (Lipinski definition) is 2. The van der Waals surface area contributed by atoms with Crippen molar-refractivity contribution in [1.29, 1.82) is 0 Å². The largest absolute Gasteiger partial charge is 0.469 e. The van der Waals surface area contributed by atoms with Crippen LogP contribution in [-0.2, 0) is 6.42 Å². The molecule has 5 heteroatoms. The number of terminal acetylenes is 1. The maximum absolute atomic E-state index is 5.20. The van der Waals surface area contributed by atoms with Gasteiger partial charge in [-0.05, 0) is 12.1 Å². The molecule has 1 heterocycles. The predicted molar refractivity (Wildman–Crippen MR) is 76.0 cm³/mol. The zero-order chi connectivity index (χ0) is 10.9. The van der Waals surface area contributed by atoms with E-state index in [2.05, 4.69) is 21.5 Å². The Kier molecular flexibility index (Phi) is 8.43. The van der Waals surface area contributed by atoms with E-state index in [0.29, 0.717) is 12.5 Å². The molecule has 0 saturated heterocycles. The summed E-state index contributed by atoms with van der Waals surface area (Å²) in [5.74, 6) is 4.15. The van der Waals surface area contributed by atoms with Gasteiger partial charge in [0.1, 0.15) is 5.76 Å². The molecule has 0 fully saturated rings. The fourth-order valence-corrected chi connectivity index (χ4v) is 1.11. The Morgan fingerprint density at radius 1 is 1.56 bits per heavy atom. The normalized spacial score (nSPS) is 10.1. The first-order valence-corrected chi connectivity index (χ1v) is 4.77. The Hall–Kier alpha value is -1.16. The van der Waals surface area contributed by atoms with Crippen molar-refractivity contribution in [2.24, 2.45) is 4.99 Å². The topological polar surface area (TPSA) is 49.6 Å². The van der Waals surface area contributed by atoms with Gasteiger partial charge in [0.15, 0.2) is 5.96 Å². The molecule has 1 aromatic rings. The van der Waals surface area contributed by atoms with Crippen LogP contribution in [0, 0.1) is 12.3 Å². The zero-order valence-corrected chi connectivity index (χ0v) is 11.5. The maximum Gasteiger partial charge on any atom is 0.191 e. The summed E-state index contributed by atoms with van der Waals surface area (Å²) in [6.45, 7) is 1.23. The molecule has 0 aromatic carbocycles. The molecule has 0 atom stereocenters. The van der Waals surface area contributed by atoms with Gasteiger partial charge in [-0.1, -0.05) is 5.92 Å². The number of nitrogens with one attached hydrogen (secondary N) is 2. The summed E-state index contributed by atoms with van der Waals surface area (Å²) in [5.41, 5.74) is 0. The van der Waals surface area contributed by atoms with Crippen LogP contribution in [0.1, 0.15) is 5.76 Å². The summed E-state index contributed by atoms with van der Waals surface area (Å²) >= 11 is 0. The molecular weight excluding hydrogens is 317 g/mol. The second-order valence-electron chi connectivity index (χ2n) is 2.89. The van der Waals surface area contributed by atoms with Crippen molar-refractivity contribution in [2.75, 3.05) is 20.1 Å². The Balaban J connectivity index is 0.00000225. The van der Waals surface area contributed by atoms with Crippen LogP contribution in [0.5, 0.6) is 0 Å². The van der Waals surface area contributed by atoms with Gasteiger partial charge < -0.3 is 15.1 Å². The second kappa shape index (κ2) is 9.09. The van der Waals surface area contributed by atoms with Crippen LogP contribution in [0.15, 0.2) is 27.8 Å². The van der Waals surface area contributed by atoms with E-state index in [1.54, 1.807) is 13.3 Å².